The molecule has 0 unspecified atom stereocenters. The largest absolute Gasteiger partial charge is 0.508 e. The highest BCUT2D eigenvalue weighted by Crippen LogP contribution is 2.21. The average molecular weight is 288 g/mol. The van der Waals surface area contributed by atoms with Crippen LogP contribution in [-0.2, 0) is 6.61 Å². The fourth-order valence-corrected chi connectivity index (χ4v) is 1.93. The second-order valence-electron chi connectivity index (χ2n) is 4.75. The fourth-order valence-electron chi connectivity index (χ4n) is 1.93. The van der Waals surface area contributed by atoms with E-state index in [1.807, 2.05) is 36.4 Å². The van der Waals surface area contributed by atoms with Crippen molar-refractivity contribution >= 4 is 6.08 Å². The van der Waals surface area contributed by atoms with E-state index in [-0.39, 0.29) is 19.0 Å². The van der Waals surface area contributed by atoms with E-state index >= 15 is 0 Å². The first-order valence-electron chi connectivity index (χ1n) is 7.32. The van der Waals surface area contributed by atoms with Gasteiger partial charge in [0.2, 0.25) is 0 Å². The molecule has 0 amide bonds. The van der Waals surface area contributed by atoms with Gasteiger partial charge in [0.15, 0.2) is 0 Å². The van der Waals surface area contributed by atoms with Gasteiger partial charge in [-0.1, -0.05) is 55.0 Å². The van der Waals surface area contributed by atoms with Crippen LogP contribution in [0.5, 0.6) is 5.75 Å². The lowest BCUT2D eigenvalue weighted by atomic mass is 10.1. The lowest BCUT2D eigenvalue weighted by Gasteiger charge is -2.04. The van der Waals surface area contributed by atoms with E-state index in [1.54, 1.807) is 12.1 Å². The molecule has 21 heavy (non-hydrogen) atoms. The minimum Gasteiger partial charge on any atom is -0.508 e. The molecule has 1 aromatic carbocycles. The first-order chi connectivity index (χ1) is 10.3. The standard InChI is InChI=1S/C18H24O3/c19-14-9-7-5-3-1-2-4-6-8-11-16-12-10-13-18(21)17(16)15-20/h1-2,4,6,8,10-13,19-21H,3,5,7,9,14-15H2. The van der Waals surface area contributed by atoms with Crippen LogP contribution < -0.4 is 0 Å². The molecule has 114 valence electrons. The minimum absolute atomic E-state index is 0.117. The average Bonchev–Trinajstić information content (AvgIpc) is 2.49. The second kappa shape index (κ2) is 10.9. The molecule has 1 rings (SSSR count). The van der Waals surface area contributed by atoms with Crippen molar-refractivity contribution in [1.82, 2.24) is 0 Å². The topological polar surface area (TPSA) is 60.7 Å². The lowest BCUT2D eigenvalue weighted by molar-refractivity contribution is 0.275. The van der Waals surface area contributed by atoms with Gasteiger partial charge in [0.25, 0.3) is 0 Å². The zero-order valence-electron chi connectivity index (χ0n) is 12.3. The maximum Gasteiger partial charge on any atom is 0.121 e. The molecular formula is C18H24O3. The SMILES string of the molecule is OCCCCCC=CC=CC=Cc1cccc(O)c1CO. The van der Waals surface area contributed by atoms with E-state index in [1.165, 1.54) is 0 Å². The summed E-state index contributed by atoms with van der Waals surface area (Å²) in [4.78, 5) is 0. The van der Waals surface area contributed by atoms with Crippen LogP contribution >= 0.6 is 0 Å². The van der Waals surface area contributed by atoms with E-state index in [0.29, 0.717) is 5.56 Å². The molecule has 0 aromatic heterocycles. The molecule has 0 aliphatic rings. The Morgan fingerprint density at radius 1 is 0.905 bits per heavy atom. The Labute approximate surface area is 126 Å². The van der Waals surface area contributed by atoms with E-state index in [4.69, 9.17) is 5.11 Å². The molecule has 0 saturated heterocycles. The van der Waals surface area contributed by atoms with Crippen molar-refractivity contribution < 1.29 is 15.3 Å². The van der Waals surface area contributed by atoms with Crippen LogP contribution in [-0.4, -0.2) is 21.9 Å². The van der Waals surface area contributed by atoms with Crippen molar-refractivity contribution in [2.24, 2.45) is 0 Å². The molecule has 1 aromatic rings. The summed E-state index contributed by atoms with van der Waals surface area (Å²) in [7, 11) is 0. The summed E-state index contributed by atoms with van der Waals surface area (Å²) in [5.74, 6) is 0.117. The van der Waals surface area contributed by atoms with Gasteiger partial charge in [-0.2, -0.15) is 0 Å². The van der Waals surface area contributed by atoms with Gasteiger partial charge in [-0.15, -0.1) is 0 Å². The van der Waals surface area contributed by atoms with Crippen LogP contribution in [0.25, 0.3) is 6.08 Å². The Kier molecular flexibility index (Phi) is 8.93. The summed E-state index contributed by atoms with van der Waals surface area (Å²) >= 11 is 0. The number of benzene rings is 1. The van der Waals surface area contributed by atoms with Gasteiger partial charge >= 0.3 is 0 Å². The number of aromatic hydroxyl groups is 1. The Bertz CT molecular complexity index is 487. The van der Waals surface area contributed by atoms with Crippen molar-refractivity contribution in [2.75, 3.05) is 6.61 Å². The van der Waals surface area contributed by atoms with Gasteiger partial charge in [-0.05, 0) is 30.9 Å². The molecule has 0 radical (unpaired) electrons. The van der Waals surface area contributed by atoms with Crippen LogP contribution in [0.1, 0.15) is 36.8 Å². The number of hydrogen-bond acceptors (Lipinski definition) is 3. The molecule has 0 fully saturated rings. The summed E-state index contributed by atoms with van der Waals surface area (Å²) in [6, 6.07) is 5.18. The van der Waals surface area contributed by atoms with E-state index in [9.17, 15) is 10.2 Å². The molecule has 3 N–H and O–H groups in total. The highest BCUT2D eigenvalue weighted by atomic mass is 16.3. The quantitative estimate of drug-likeness (QED) is 0.481. The molecule has 0 aliphatic heterocycles. The third kappa shape index (κ3) is 6.93. The lowest BCUT2D eigenvalue weighted by Crippen LogP contribution is -1.88. The second-order valence-corrected chi connectivity index (χ2v) is 4.75. The number of aliphatic hydroxyl groups excluding tert-OH is 2. The highest BCUT2D eigenvalue weighted by Gasteiger charge is 2.02. The summed E-state index contributed by atoms with van der Waals surface area (Å²) in [6.07, 6.45) is 15.8. The predicted molar refractivity (Wildman–Crippen MR) is 86.9 cm³/mol. The van der Waals surface area contributed by atoms with Crippen molar-refractivity contribution in [1.29, 1.82) is 0 Å². The zero-order valence-corrected chi connectivity index (χ0v) is 12.3. The van der Waals surface area contributed by atoms with Gasteiger partial charge in [-0.25, -0.2) is 0 Å². The van der Waals surface area contributed by atoms with E-state index in [2.05, 4.69) is 6.08 Å². The van der Waals surface area contributed by atoms with Gasteiger partial charge in [0, 0.05) is 12.2 Å². The zero-order chi connectivity index (χ0) is 15.3. The predicted octanol–water partition coefficient (Wildman–Crippen LogP) is 3.56. The Morgan fingerprint density at radius 2 is 1.71 bits per heavy atom. The number of allylic oxidation sites excluding steroid dienone is 5. The van der Waals surface area contributed by atoms with Crippen LogP contribution in [0, 0.1) is 0 Å². The van der Waals surface area contributed by atoms with Crippen molar-refractivity contribution in [3.63, 3.8) is 0 Å². The molecular weight excluding hydrogens is 264 g/mol. The number of phenols is 1. The van der Waals surface area contributed by atoms with E-state index in [0.717, 1.165) is 31.2 Å². The Morgan fingerprint density at radius 3 is 2.48 bits per heavy atom. The molecule has 0 saturated carbocycles. The van der Waals surface area contributed by atoms with E-state index < -0.39 is 0 Å². The minimum atomic E-state index is -0.177. The third-order valence-corrected chi connectivity index (χ3v) is 3.12. The molecule has 3 nitrogen and oxygen atoms in total. The molecule has 0 bridgehead atoms. The third-order valence-electron chi connectivity index (χ3n) is 3.12. The molecule has 3 heteroatoms. The maximum absolute atomic E-state index is 9.61. The number of unbranched alkanes of at least 4 members (excludes halogenated alkanes) is 3. The Hall–Kier alpha value is -1.84. The first kappa shape index (κ1) is 17.2. The monoisotopic (exact) mass is 288 g/mol. The smallest absolute Gasteiger partial charge is 0.121 e. The summed E-state index contributed by atoms with van der Waals surface area (Å²) in [5.41, 5.74) is 1.36. The first-order valence-corrected chi connectivity index (χ1v) is 7.32. The van der Waals surface area contributed by atoms with Gasteiger partial charge in [-0.3, -0.25) is 0 Å². The fraction of sp³-hybridized carbons (Fsp3) is 0.333. The summed E-state index contributed by atoms with van der Waals surface area (Å²) in [6.45, 7) is 0.100. The molecule has 0 spiro atoms. The molecule has 0 aliphatic carbocycles. The number of rotatable bonds is 9. The van der Waals surface area contributed by atoms with Gasteiger partial charge < -0.3 is 15.3 Å². The van der Waals surface area contributed by atoms with Crippen molar-refractivity contribution in [3.8, 4) is 5.75 Å². The van der Waals surface area contributed by atoms with Crippen LogP contribution in [0.2, 0.25) is 0 Å². The van der Waals surface area contributed by atoms with Gasteiger partial charge in [0.05, 0.1) is 6.61 Å². The Balaban J connectivity index is 2.39. The normalized spacial score (nSPS) is 12.1. The summed E-state index contributed by atoms with van der Waals surface area (Å²) in [5, 5.41) is 27.5. The highest BCUT2D eigenvalue weighted by molar-refractivity contribution is 5.58. The molecule has 0 atom stereocenters. The van der Waals surface area contributed by atoms with Crippen LogP contribution in [0.4, 0.5) is 0 Å². The maximum atomic E-state index is 9.61. The molecule has 0 heterocycles. The summed E-state index contributed by atoms with van der Waals surface area (Å²) < 4.78 is 0. The van der Waals surface area contributed by atoms with Crippen molar-refractivity contribution in [2.45, 2.75) is 32.3 Å². The van der Waals surface area contributed by atoms with Crippen LogP contribution in [0.3, 0.4) is 0 Å². The van der Waals surface area contributed by atoms with Gasteiger partial charge in [0.1, 0.15) is 5.75 Å². The number of aliphatic hydroxyl groups is 2. The van der Waals surface area contributed by atoms with Crippen LogP contribution in [0.15, 0.2) is 48.6 Å². The number of hydrogen-bond donors (Lipinski definition) is 3. The van der Waals surface area contributed by atoms with Crippen molar-refractivity contribution in [3.05, 3.63) is 59.7 Å².